The molecule has 1 fully saturated rings. The van der Waals surface area contributed by atoms with Crippen molar-refractivity contribution in [3.63, 3.8) is 0 Å². The second-order valence-corrected chi connectivity index (χ2v) is 7.44. The summed E-state index contributed by atoms with van der Waals surface area (Å²) in [5, 5.41) is 2.10. The first-order valence-electron chi connectivity index (χ1n) is 7.51. The Morgan fingerprint density at radius 2 is 1.84 bits per heavy atom. The first kappa shape index (κ1) is 17.1. The third-order valence-electron chi connectivity index (χ3n) is 3.99. The number of hydrogen-bond donors (Lipinski definition) is 1. The molecule has 2 aliphatic rings. The summed E-state index contributed by atoms with van der Waals surface area (Å²) in [6.45, 7) is 1.40. The zero-order chi connectivity index (χ0) is 18.4. The first-order chi connectivity index (χ1) is 11.7. The topological polar surface area (TPSA) is 127 Å². The summed E-state index contributed by atoms with van der Waals surface area (Å²) >= 11 is 0. The van der Waals surface area contributed by atoms with Gasteiger partial charge in [-0.3, -0.25) is 29.4 Å². The van der Waals surface area contributed by atoms with Crippen LogP contribution in [-0.2, 0) is 19.7 Å². The van der Waals surface area contributed by atoms with E-state index in [0.717, 1.165) is 11.0 Å². The van der Waals surface area contributed by atoms with Crippen LogP contribution < -0.4 is 9.50 Å². The summed E-state index contributed by atoms with van der Waals surface area (Å²) < 4.78 is 27.9. The van der Waals surface area contributed by atoms with Crippen LogP contribution in [0.2, 0.25) is 0 Å². The van der Waals surface area contributed by atoms with E-state index < -0.39 is 39.8 Å². The van der Waals surface area contributed by atoms with Crippen molar-refractivity contribution < 1.29 is 31.8 Å². The molecular formula is C15H14N2O7S. The number of hydrogen-bond acceptors (Lipinski definition) is 7. The SMILES string of the molecule is CCS(=O)(=O)Oc1ccc2c(c1)C(=O)N(C1CCC(=O)NC1=O)C2=O. The third kappa shape index (κ3) is 3.00. The molecule has 1 aromatic rings. The van der Waals surface area contributed by atoms with E-state index in [1.54, 1.807) is 0 Å². The average molecular weight is 366 g/mol. The lowest BCUT2D eigenvalue weighted by Crippen LogP contribution is -2.54. The molecule has 4 amide bonds. The van der Waals surface area contributed by atoms with E-state index in [2.05, 4.69) is 5.32 Å². The lowest BCUT2D eigenvalue weighted by Gasteiger charge is -2.27. The van der Waals surface area contributed by atoms with Crippen LogP contribution in [0.15, 0.2) is 18.2 Å². The van der Waals surface area contributed by atoms with Crippen molar-refractivity contribution >= 4 is 33.7 Å². The Hall–Kier alpha value is -2.75. The van der Waals surface area contributed by atoms with Gasteiger partial charge in [0, 0.05) is 6.42 Å². The van der Waals surface area contributed by atoms with Gasteiger partial charge in [-0.15, -0.1) is 0 Å². The maximum absolute atomic E-state index is 12.6. The maximum Gasteiger partial charge on any atom is 0.308 e. The molecule has 10 heteroatoms. The van der Waals surface area contributed by atoms with Crippen molar-refractivity contribution in [1.82, 2.24) is 10.2 Å². The number of piperidine rings is 1. The fourth-order valence-corrected chi connectivity index (χ4v) is 3.22. The molecule has 1 unspecified atom stereocenters. The number of rotatable bonds is 4. The highest BCUT2D eigenvalue weighted by Gasteiger charge is 2.44. The van der Waals surface area contributed by atoms with E-state index in [1.807, 2.05) is 0 Å². The Bertz CT molecular complexity index is 906. The Balaban J connectivity index is 1.92. The van der Waals surface area contributed by atoms with Crippen LogP contribution in [0.4, 0.5) is 0 Å². The number of benzene rings is 1. The van der Waals surface area contributed by atoms with Gasteiger partial charge < -0.3 is 4.18 Å². The van der Waals surface area contributed by atoms with Crippen LogP contribution in [0.5, 0.6) is 5.75 Å². The molecular weight excluding hydrogens is 352 g/mol. The van der Waals surface area contributed by atoms with Gasteiger partial charge in [0.05, 0.1) is 16.9 Å². The molecule has 0 bridgehead atoms. The molecule has 1 atom stereocenters. The maximum atomic E-state index is 12.6. The summed E-state index contributed by atoms with van der Waals surface area (Å²) in [7, 11) is -3.78. The van der Waals surface area contributed by atoms with Gasteiger partial charge in [0.2, 0.25) is 11.8 Å². The van der Waals surface area contributed by atoms with Gasteiger partial charge in [-0.1, -0.05) is 0 Å². The summed E-state index contributed by atoms with van der Waals surface area (Å²) in [6, 6.07) is 2.63. The second kappa shape index (κ2) is 5.96. The van der Waals surface area contributed by atoms with Gasteiger partial charge in [-0.05, 0) is 31.5 Å². The molecule has 2 aliphatic heterocycles. The minimum atomic E-state index is -3.78. The van der Waals surface area contributed by atoms with Crippen LogP contribution in [0.25, 0.3) is 0 Å². The lowest BCUT2D eigenvalue weighted by molar-refractivity contribution is -0.136. The van der Waals surface area contributed by atoms with Crippen LogP contribution >= 0.6 is 0 Å². The Labute approximate surface area is 143 Å². The van der Waals surface area contributed by atoms with Gasteiger partial charge >= 0.3 is 10.1 Å². The fourth-order valence-electron chi connectivity index (χ4n) is 2.71. The average Bonchev–Trinajstić information content (AvgIpc) is 2.79. The molecule has 0 saturated carbocycles. The quantitative estimate of drug-likeness (QED) is 0.578. The molecule has 3 rings (SSSR count). The van der Waals surface area contributed by atoms with Crippen molar-refractivity contribution in [2.75, 3.05) is 5.75 Å². The van der Waals surface area contributed by atoms with Gasteiger partial charge in [-0.2, -0.15) is 8.42 Å². The molecule has 0 radical (unpaired) electrons. The fraction of sp³-hybridized carbons (Fsp3) is 0.333. The summed E-state index contributed by atoms with van der Waals surface area (Å²) in [5.41, 5.74) is 0.00875. The minimum absolute atomic E-state index is 0.0208. The highest BCUT2D eigenvalue weighted by atomic mass is 32.2. The monoisotopic (exact) mass is 366 g/mol. The third-order valence-corrected chi connectivity index (χ3v) is 5.14. The van der Waals surface area contributed by atoms with Crippen molar-refractivity contribution in [2.24, 2.45) is 0 Å². The van der Waals surface area contributed by atoms with Gasteiger partial charge in [0.25, 0.3) is 11.8 Å². The van der Waals surface area contributed by atoms with Gasteiger partial charge in [0.1, 0.15) is 11.8 Å². The summed E-state index contributed by atoms with van der Waals surface area (Å²) in [6.07, 6.45) is 0.0661. The number of fused-ring (bicyclic) bond motifs is 1. The predicted octanol–water partition coefficient (Wildman–Crippen LogP) is -0.184. The molecule has 25 heavy (non-hydrogen) atoms. The van der Waals surface area contributed by atoms with E-state index >= 15 is 0 Å². The van der Waals surface area contributed by atoms with E-state index in [0.29, 0.717) is 0 Å². The van der Waals surface area contributed by atoms with E-state index in [1.165, 1.54) is 19.1 Å². The van der Waals surface area contributed by atoms with Crippen LogP contribution in [-0.4, -0.2) is 48.7 Å². The number of nitrogens with zero attached hydrogens (tertiary/aromatic N) is 1. The van der Waals surface area contributed by atoms with E-state index in [4.69, 9.17) is 4.18 Å². The number of imide groups is 2. The van der Waals surface area contributed by atoms with Gasteiger partial charge in [-0.25, -0.2) is 0 Å². The molecule has 0 aromatic heterocycles. The summed E-state index contributed by atoms with van der Waals surface area (Å²) in [4.78, 5) is 49.0. The number of carbonyl (C=O) groups excluding carboxylic acids is 4. The van der Waals surface area contributed by atoms with E-state index in [-0.39, 0.29) is 35.5 Å². The van der Waals surface area contributed by atoms with E-state index in [9.17, 15) is 27.6 Å². The molecule has 0 aliphatic carbocycles. The van der Waals surface area contributed by atoms with Crippen molar-refractivity contribution in [3.05, 3.63) is 29.3 Å². The Kier molecular flexibility index (Phi) is 4.07. The lowest BCUT2D eigenvalue weighted by atomic mass is 10.0. The van der Waals surface area contributed by atoms with Crippen LogP contribution in [0.1, 0.15) is 40.5 Å². The smallest absolute Gasteiger partial charge is 0.308 e. The zero-order valence-corrected chi connectivity index (χ0v) is 14.0. The molecule has 2 heterocycles. The molecule has 0 spiro atoms. The number of carbonyl (C=O) groups is 4. The Morgan fingerprint density at radius 3 is 2.48 bits per heavy atom. The minimum Gasteiger partial charge on any atom is -0.382 e. The molecule has 9 nitrogen and oxygen atoms in total. The number of nitrogens with one attached hydrogen (secondary N) is 1. The number of amides is 4. The van der Waals surface area contributed by atoms with Crippen LogP contribution in [0.3, 0.4) is 0 Å². The zero-order valence-electron chi connectivity index (χ0n) is 13.1. The largest absolute Gasteiger partial charge is 0.382 e. The Morgan fingerprint density at radius 1 is 1.16 bits per heavy atom. The van der Waals surface area contributed by atoms with Crippen molar-refractivity contribution in [1.29, 1.82) is 0 Å². The van der Waals surface area contributed by atoms with Crippen molar-refractivity contribution in [2.45, 2.75) is 25.8 Å². The second-order valence-electron chi connectivity index (χ2n) is 5.58. The van der Waals surface area contributed by atoms with Gasteiger partial charge in [0.15, 0.2) is 0 Å². The predicted molar refractivity (Wildman–Crippen MR) is 83.2 cm³/mol. The van der Waals surface area contributed by atoms with Crippen molar-refractivity contribution in [3.8, 4) is 5.75 Å². The molecule has 1 aromatic carbocycles. The standard InChI is InChI=1S/C15H14N2O7S/c1-2-25(22,23)24-8-3-4-9-10(7-8)15(21)17(14(9)20)11-5-6-12(18)16-13(11)19/h3-4,7,11H,2,5-6H2,1H3,(H,16,18,19). The molecule has 132 valence electrons. The first-order valence-corrected chi connectivity index (χ1v) is 9.09. The molecule has 1 saturated heterocycles. The highest BCUT2D eigenvalue weighted by molar-refractivity contribution is 7.87. The highest BCUT2D eigenvalue weighted by Crippen LogP contribution is 2.30. The normalized spacial score (nSPS) is 20.5. The summed E-state index contributed by atoms with van der Waals surface area (Å²) in [5.74, 6) is -2.91. The molecule has 1 N–H and O–H groups in total. The van der Waals surface area contributed by atoms with Crippen LogP contribution in [0, 0.1) is 0 Å².